The van der Waals surface area contributed by atoms with E-state index in [4.69, 9.17) is 31.2 Å². The summed E-state index contributed by atoms with van der Waals surface area (Å²) in [4.78, 5) is 24.9. The minimum Gasteiger partial charge on any atom is -0.497 e. The van der Waals surface area contributed by atoms with E-state index >= 15 is 0 Å². The highest BCUT2D eigenvalue weighted by atomic mass is 32.1. The van der Waals surface area contributed by atoms with Gasteiger partial charge in [0.05, 0.1) is 43.2 Å². The van der Waals surface area contributed by atoms with Gasteiger partial charge in [0.25, 0.3) is 0 Å². The van der Waals surface area contributed by atoms with Crippen LogP contribution in [0.1, 0.15) is 48.4 Å². The first kappa shape index (κ1) is 24.9. The highest BCUT2D eigenvalue weighted by Gasteiger charge is 2.17. The first-order valence-corrected chi connectivity index (χ1v) is 10.4. The van der Waals surface area contributed by atoms with Crippen molar-refractivity contribution in [1.82, 2.24) is 0 Å². The van der Waals surface area contributed by atoms with Crippen LogP contribution in [0.15, 0.2) is 36.4 Å². The molecule has 0 saturated heterocycles. The molecule has 0 unspecified atom stereocenters. The highest BCUT2D eigenvalue weighted by molar-refractivity contribution is 7.80. The van der Waals surface area contributed by atoms with Crippen LogP contribution < -0.4 is 20.1 Å². The number of hydrogen-bond acceptors (Lipinski definition) is 7. The lowest BCUT2D eigenvalue weighted by Gasteiger charge is -2.16. The monoisotopic (exact) mass is 460 g/mol. The van der Waals surface area contributed by atoms with Gasteiger partial charge in [-0.05, 0) is 70.2 Å². The zero-order valence-electron chi connectivity index (χ0n) is 19.0. The van der Waals surface area contributed by atoms with E-state index in [1.54, 1.807) is 72.2 Å². The first-order chi connectivity index (χ1) is 15.1. The van der Waals surface area contributed by atoms with Crippen LogP contribution >= 0.6 is 12.2 Å². The van der Waals surface area contributed by atoms with E-state index in [2.05, 4.69) is 10.6 Å². The molecular weight excluding hydrogens is 432 g/mol. The molecule has 2 rings (SSSR count). The van der Waals surface area contributed by atoms with Gasteiger partial charge in [0.2, 0.25) is 0 Å². The summed E-state index contributed by atoms with van der Waals surface area (Å²) in [7, 11) is 3.10. The van der Waals surface area contributed by atoms with Crippen molar-refractivity contribution in [3.63, 3.8) is 0 Å². The zero-order chi connectivity index (χ0) is 23.8. The Kier molecular flexibility index (Phi) is 8.83. The minimum atomic E-state index is -0.560. The Morgan fingerprint density at radius 2 is 1.38 bits per heavy atom. The Morgan fingerprint density at radius 1 is 0.812 bits per heavy atom. The van der Waals surface area contributed by atoms with E-state index in [0.29, 0.717) is 22.9 Å². The molecule has 0 atom stereocenters. The van der Waals surface area contributed by atoms with Crippen molar-refractivity contribution in [2.24, 2.45) is 0 Å². The predicted octanol–water partition coefficient (Wildman–Crippen LogP) is 4.64. The van der Waals surface area contributed by atoms with Gasteiger partial charge in [0.1, 0.15) is 11.5 Å². The van der Waals surface area contributed by atoms with Crippen LogP contribution in [0.25, 0.3) is 0 Å². The molecule has 0 amide bonds. The molecule has 0 heterocycles. The average molecular weight is 461 g/mol. The number of methoxy groups -OCH3 is 2. The molecule has 32 heavy (non-hydrogen) atoms. The van der Waals surface area contributed by atoms with Crippen LogP contribution in [0.4, 0.5) is 11.4 Å². The predicted molar refractivity (Wildman–Crippen MR) is 127 cm³/mol. The molecule has 0 saturated carbocycles. The zero-order valence-corrected chi connectivity index (χ0v) is 19.8. The normalized spacial score (nSPS) is 10.5. The fraction of sp³-hybridized carbons (Fsp3) is 0.348. The second-order valence-corrected chi connectivity index (χ2v) is 7.76. The van der Waals surface area contributed by atoms with E-state index in [-0.39, 0.29) is 28.4 Å². The van der Waals surface area contributed by atoms with Crippen molar-refractivity contribution in [2.75, 3.05) is 24.9 Å². The summed E-state index contributed by atoms with van der Waals surface area (Å²) in [6.45, 7) is 6.98. The van der Waals surface area contributed by atoms with Crippen LogP contribution in [0, 0.1) is 0 Å². The lowest BCUT2D eigenvalue weighted by Crippen LogP contribution is -2.21. The third-order valence-electron chi connectivity index (χ3n) is 4.00. The molecule has 0 aliphatic rings. The van der Waals surface area contributed by atoms with Crippen molar-refractivity contribution >= 4 is 40.6 Å². The van der Waals surface area contributed by atoms with Crippen LogP contribution in [0.2, 0.25) is 0 Å². The van der Waals surface area contributed by atoms with Gasteiger partial charge in [-0.1, -0.05) is 0 Å². The Morgan fingerprint density at radius 3 is 1.84 bits per heavy atom. The van der Waals surface area contributed by atoms with Gasteiger partial charge in [-0.2, -0.15) is 0 Å². The van der Waals surface area contributed by atoms with E-state index < -0.39 is 11.9 Å². The number of hydrogen-bond donors (Lipinski definition) is 2. The summed E-state index contributed by atoms with van der Waals surface area (Å²) in [5, 5.41) is 6.23. The molecule has 9 heteroatoms. The van der Waals surface area contributed by atoms with Crippen molar-refractivity contribution < 1.29 is 28.5 Å². The van der Waals surface area contributed by atoms with Crippen LogP contribution in [-0.2, 0) is 9.47 Å². The van der Waals surface area contributed by atoms with Crippen molar-refractivity contribution in [3.05, 3.63) is 47.5 Å². The number of nitrogens with one attached hydrogen (secondary N) is 2. The molecule has 8 nitrogen and oxygen atoms in total. The summed E-state index contributed by atoms with van der Waals surface area (Å²) in [6, 6.07) is 9.77. The molecule has 2 aromatic rings. The molecule has 0 radical (unpaired) electrons. The van der Waals surface area contributed by atoms with Gasteiger partial charge in [-0.15, -0.1) is 0 Å². The highest BCUT2D eigenvalue weighted by Crippen LogP contribution is 2.29. The average Bonchev–Trinajstić information content (AvgIpc) is 2.72. The van der Waals surface area contributed by atoms with Gasteiger partial charge >= 0.3 is 11.9 Å². The summed E-state index contributed by atoms with van der Waals surface area (Å²) in [5.41, 5.74) is 1.39. The van der Waals surface area contributed by atoms with E-state index in [1.165, 1.54) is 6.07 Å². The number of ether oxygens (including phenoxy) is 4. The van der Waals surface area contributed by atoms with Gasteiger partial charge in [0.15, 0.2) is 5.11 Å². The molecule has 0 fully saturated rings. The topological polar surface area (TPSA) is 95.1 Å². The third-order valence-corrected chi connectivity index (χ3v) is 4.21. The number of esters is 2. The standard InChI is InChI=1S/C23H28N2O6S/c1-13(2)30-21(26)15-9-16(22(27)31-14(3)4)11-17(10-15)24-23(32)25-19-12-18(28-5)7-8-20(19)29-6/h7-14H,1-6H3,(H2,24,25,32). The summed E-state index contributed by atoms with van der Waals surface area (Å²) < 4.78 is 21.1. The van der Waals surface area contributed by atoms with Gasteiger partial charge in [-0.25, -0.2) is 9.59 Å². The summed E-state index contributed by atoms with van der Waals surface area (Å²) in [6.07, 6.45) is -0.623. The lowest BCUT2D eigenvalue weighted by atomic mass is 10.1. The number of carbonyl (C=O) groups excluding carboxylic acids is 2. The maximum Gasteiger partial charge on any atom is 0.338 e. The number of anilines is 2. The molecule has 0 aliphatic carbocycles. The van der Waals surface area contributed by atoms with E-state index in [9.17, 15) is 9.59 Å². The molecule has 0 spiro atoms. The fourth-order valence-corrected chi connectivity index (χ4v) is 2.92. The van der Waals surface area contributed by atoms with E-state index in [1.807, 2.05) is 0 Å². The minimum absolute atomic E-state index is 0.196. The van der Waals surface area contributed by atoms with Crippen LogP contribution in [-0.4, -0.2) is 43.5 Å². The maximum atomic E-state index is 12.5. The molecule has 0 aliphatic heterocycles. The summed E-state index contributed by atoms with van der Waals surface area (Å²) in [5.74, 6) is 0.0600. The molecule has 2 N–H and O–H groups in total. The molecular formula is C23H28N2O6S. The van der Waals surface area contributed by atoms with Crippen molar-refractivity contribution in [2.45, 2.75) is 39.9 Å². The quantitative estimate of drug-likeness (QED) is 0.431. The van der Waals surface area contributed by atoms with Gasteiger partial charge in [0, 0.05) is 11.8 Å². The largest absolute Gasteiger partial charge is 0.497 e. The SMILES string of the molecule is COc1ccc(OC)c(NC(=S)Nc2cc(C(=O)OC(C)C)cc(C(=O)OC(C)C)c2)c1. The Labute approximate surface area is 193 Å². The molecule has 172 valence electrons. The smallest absolute Gasteiger partial charge is 0.338 e. The Balaban J connectivity index is 2.31. The Bertz CT molecular complexity index is 950. The summed E-state index contributed by atoms with van der Waals surface area (Å²) >= 11 is 5.41. The second kappa shape index (κ2) is 11.3. The number of rotatable bonds is 8. The fourth-order valence-electron chi connectivity index (χ4n) is 2.70. The Hall–Kier alpha value is -3.33. The lowest BCUT2D eigenvalue weighted by molar-refractivity contribution is 0.0377. The third kappa shape index (κ3) is 7.12. The van der Waals surface area contributed by atoms with Gasteiger partial charge in [-0.3, -0.25) is 0 Å². The molecule has 0 bridgehead atoms. The number of benzene rings is 2. The van der Waals surface area contributed by atoms with Crippen LogP contribution in [0.5, 0.6) is 11.5 Å². The van der Waals surface area contributed by atoms with Crippen molar-refractivity contribution in [3.8, 4) is 11.5 Å². The van der Waals surface area contributed by atoms with Crippen LogP contribution in [0.3, 0.4) is 0 Å². The maximum absolute atomic E-state index is 12.5. The molecule has 0 aromatic heterocycles. The number of carbonyl (C=O) groups is 2. The first-order valence-electron chi connectivity index (χ1n) is 10.00. The van der Waals surface area contributed by atoms with Crippen molar-refractivity contribution in [1.29, 1.82) is 0 Å². The second-order valence-electron chi connectivity index (χ2n) is 7.35. The van der Waals surface area contributed by atoms with E-state index in [0.717, 1.165) is 0 Å². The number of thiocarbonyl (C=S) groups is 1. The van der Waals surface area contributed by atoms with Gasteiger partial charge < -0.3 is 29.6 Å². The molecule has 2 aromatic carbocycles.